The van der Waals surface area contributed by atoms with Crippen molar-refractivity contribution in [3.63, 3.8) is 0 Å². The molecule has 1 unspecified atom stereocenters. The Morgan fingerprint density at radius 1 is 1.36 bits per heavy atom. The van der Waals surface area contributed by atoms with Crippen molar-refractivity contribution in [3.05, 3.63) is 0 Å². The molecule has 2 heterocycles. The normalized spacial score (nSPS) is 28.7. The van der Waals surface area contributed by atoms with Crippen molar-refractivity contribution in [3.8, 4) is 0 Å². The summed E-state index contributed by atoms with van der Waals surface area (Å²) in [6.07, 6.45) is 3.37. The van der Waals surface area contributed by atoms with Crippen LogP contribution >= 0.6 is 0 Å². The van der Waals surface area contributed by atoms with E-state index < -0.39 is 0 Å². The fourth-order valence-electron chi connectivity index (χ4n) is 2.62. The van der Waals surface area contributed by atoms with Crippen LogP contribution in [-0.2, 0) is 4.74 Å². The maximum absolute atomic E-state index is 8.86. The Morgan fingerprint density at radius 2 is 2.00 bits per heavy atom. The van der Waals surface area contributed by atoms with Crippen LogP contribution in [0.1, 0.15) is 26.2 Å². The van der Waals surface area contributed by atoms with Gasteiger partial charge >= 0.3 is 0 Å². The molecule has 0 aromatic carbocycles. The van der Waals surface area contributed by atoms with Gasteiger partial charge in [-0.15, -0.1) is 0 Å². The number of hydrogen-bond donors (Lipinski definition) is 1. The van der Waals surface area contributed by atoms with Gasteiger partial charge < -0.3 is 9.84 Å². The molecule has 2 aliphatic rings. The molecule has 0 bridgehead atoms. The summed E-state index contributed by atoms with van der Waals surface area (Å²) < 4.78 is 5.39. The molecule has 2 fully saturated rings. The SMILES string of the molecule is CC(CCO)N1CC2(CCOCC2)C1. The van der Waals surface area contributed by atoms with Crippen molar-refractivity contribution in [1.29, 1.82) is 0 Å². The largest absolute Gasteiger partial charge is 0.396 e. The van der Waals surface area contributed by atoms with Gasteiger partial charge in [-0.3, -0.25) is 4.90 Å². The van der Waals surface area contributed by atoms with Crippen LogP contribution in [0.25, 0.3) is 0 Å². The topological polar surface area (TPSA) is 32.7 Å². The molecule has 2 aliphatic heterocycles. The van der Waals surface area contributed by atoms with Gasteiger partial charge in [0.05, 0.1) is 0 Å². The van der Waals surface area contributed by atoms with Crippen molar-refractivity contribution >= 4 is 0 Å². The molecule has 0 saturated carbocycles. The lowest BCUT2D eigenvalue weighted by Gasteiger charge is -2.54. The molecule has 3 nitrogen and oxygen atoms in total. The van der Waals surface area contributed by atoms with Gasteiger partial charge in [-0.1, -0.05) is 0 Å². The Bertz CT molecular complexity index is 182. The first kappa shape index (κ1) is 10.4. The van der Waals surface area contributed by atoms with Crippen LogP contribution in [0, 0.1) is 5.41 Å². The molecular formula is C11H21NO2. The lowest BCUT2D eigenvalue weighted by atomic mass is 9.72. The summed E-state index contributed by atoms with van der Waals surface area (Å²) in [5, 5.41) is 8.86. The number of ether oxygens (including phenoxy) is 1. The Hall–Kier alpha value is -0.120. The van der Waals surface area contributed by atoms with E-state index in [1.165, 1.54) is 25.9 Å². The monoisotopic (exact) mass is 199 g/mol. The summed E-state index contributed by atoms with van der Waals surface area (Å²) >= 11 is 0. The fourth-order valence-corrected chi connectivity index (χ4v) is 2.62. The molecule has 0 amide bonds. The third kappa shape index (κ3) is 1.95. The predicted octanol–water partition coefficient (Wildman–Crippen LogP) is 0.870. The second-order valence-electron chi connectivity index (χ2n) is 4.88. The van der Waals surface area contributed by atoms with Crippen LogP contribution in [0.2, 0.25) is 0 Å². The van der Waals surface area contributed by atoms with Crippen LogP contribution < -0.4 is 0 Å². The van der Waals surface area contributed by atoms with E-state index in [1.807, 2.05) is 0 Å². The Balaban J connectivity index is 1.77. The molecule has 1 spiro atoms. The van der Waals surface area contributed by atoms with Gasteiger partial charge in [0.1, 0.15) is 0 Å². The number of aliphatic hydroxyl groups excluding tert-OH is 1. The highest BCUT2D eigenvalue weighted by Gasteiger charge is 2.44. The second kappa shape index (κ2) is 4.17. The van der Waals surface area contributed by atoms with Crippen molar-refractivity contribution in [2.24, 2.45) is 5.41 Å². The zero-order chi connectivity index (χ0) is 10.0. The standard InChI is InChI=1S/C11H21NO2/c1-10(2-5-13)12-8-11(9-12)3-6-14-7-4-11/h10,13H,2-9H2,1H3. The molecule has 0 aromatic heterocycles. The summed E-state index contributed by atoms with van der Waals surface area (Å²) in [5.41, 5.74) is 0.571. The van der Waals surface area contributed by atoms with E-state index in [0.29, 0.717) is 18.1 Å². The van der Waals surface area contributed by atoms with Crippen molar-refractivity contribution < 1.29 is 9.84 Å². The third-order valence-electron chi connectivity index (χ3n) is 3.80. The minimum atomic E-state index is 0.313. The molecule has 1 atom stereocenters. The van der Waals surface area contributed by atoms with Crippen LogP contribution in [0.4, 0.5) is 0 Å². The zero-order valence-electron chi connectivity index (χ0n) is 9.04. The maximum atomic E-state index is 8.86. The average molecular weight is 199 g/mol. The Morgan fingerprint density at radius 3 is 2.57 bits per heavy atom. The molecule has 14 heavy (non-hydrogen) atoms. The molecular weight excluding hydrogens is 178 g/mol. The van der Waals surface area contributed by atoms with Crippen molar-refractivity contribution in [2.75, 3.05) is 32.9 Å². The summed E-state index contributed by atoms with van der Waals surface area (Å²) in [5.74, 6) is 0. The smallest absolute Gasteiger partial charge is 0.0472 e. The van der Waals surface area contributed by atoms with Crippen molar-refractivity contribution in [2.45, 2.75) is 32.2 Å². The van der Waals surface area contributed by atoms with Crippen LogP contribution in [0.5, 0.6) is 0 Å². The lowest BCUT2D eigenvalue weighted by Crippen LogP contribution is -2.61. The van der Waals surface area contributed by atoms with Crippen LogP contribution in [0.15, 0.2) is 0 Å². The van der Waals surface area contributed by atoms with E-state index in [-0.39, 0.29) is 0 Å². The highest BCUT2D eigenvalue weighted by atomic mass is 16.5. The van der Waals surface area contributed by atoms with Crippen LogP contribution in [-0.4, -0.2) is 49.0 Å². The van der Waals surface area contributed by atoms with E-state index >= 15 is 0 Å². The van der Waals surface area contributed by atoms with Gasteiger partial charge in [0.25, 0.3) is 0 Å². The minimum absolute atomic E-state index is 0.313. The van der Waals surface area contributed by atoms with Gasteiger partial charge in [-0.05, 0) is 26.2 Å². The van der Waals surface area contributed by atoms with Crippen molar-refractivity contribution in [1.82, 2.24) is 4.90 Å². The summed E-state index contributed by atoms with van der Waals surface area (Å²) in [7, 11) is 0. The maximum Gasteiger partial charge on any atom is 0.0472 e. The average Bonchev–Trinajstić information content (AvgIpc) is 2.16. The predicted molar refractivity (Wildman–Crippen MR) is 55.2 cm³/mol. The van der Waals surface area contributed by atoms with E-state index in [0.717, 1.165) is 19.6 Å². The number of nitrogens with zero attached hydrogens (tertiary/aromatic N) is 1. The van der Waals surface area contributed by atoms with Gasteiger partial charge in [-0.2, -0.15) is 0 Å². The molecule has 2 rings (SSSR count). The van der Waals surface area contributed by atoms with E-state index in [1.54, 1.807) is 0 Å². The van der Waals surface area contributed by atoms with Gasteiger partial charge in [0.2, 0.25) is 0 Å². The Kier molecular flexibility index (Phi) is 3.10. The Labute approximate surface area is 86.0 Å². The first-order valence-electron chi connectivity index (χ1n) is 5.68. The molecule has 82 valence electrons. The molecule has 0 aromatic rings. The fraction of sp³-hybridized carbons (Fsp3) is 1.00. The molecule has 3 heteroatoms. The zero-order valence-corrected chi connectivity index (χ0v) is 9.04. The molecule has 1 N–H and O–H groups in total. The number of aliphatic hydroxyl groups is 1. The van der Waals surface area contributed by atoms with Crippen LogP contribution in [0.3, 0.4) is 0 Å². The molecule has 2 saturated heterocycles. The number of rotatable bonds is 3. The molecule has 0 radical (unpaired) electrons. The first-order chi connectivity index (χ1) is 6.76. The lowest BCUT2D eigenvalue weighted by molar-refractivity contribution is -0.0967. The summed E-state index contributed by atoms with van der Waals surface area (Å²) in [4.78, 5) is 2.49. The van der Waals surface area contributed by atoms with Gasteiger partial charge in [-0.25, -0.2) is 0 Å². The highest BCUT2D eigenvalue weighted by molar-refractivity contribution is 4.97. The first-order valence-corrected chi connectivity index (χ1v) is 5.68. The van der Waals surface area contributed by atoms with Gasteiger partial charge in [0.15, 0.2) is 0 Å². The third-order valence-corrected chi connectivity index (χ3v) is 3.80. The summed E-state index contributed by atoms with van der Waals surface area (Å²) in [6.45, 7) is 6.86. The van der Waals surface area contributed by atoms with E-state index in [2.05, 4.69) is 11.8 Å². The number of hydrogen-bond acceptors (Lipinski definition) is 3. The van der Waals surface area contributed by atoms with E-state index in [9.17, 15) is 0 Å². The minimum Gasteiger partial charge on any atom is -0.396 e. The highest BCUT2D eigenvalue weighted by Crippen LogP contribution is 2.40. The summed E-state index contributed by atoms with van der Waals surface area (Å²) in [6, 6.07) is 0.550. The second-order valence-corrected chi connectivity index (χ2v) is 4.88. The number of likely N-dealkylation sites (tertiary alicyclic amines) is 1. The quantitative estimate of drug-likeness (QED) is 0.732. The van der Waals surface area contributed by atoms with Gasteiger partial charge in [0, 0.05) is 44.4 Å². The van der Waals surface area contributed by atoms with E-state index in [4.69, 9.17) is 9.84 Å². The molecule has 0 aliphatic carbocycles.